The van der Waals surface area contributed by atoms with E-state index in [1.807, 2.05) is 27.8 Å². The van der Waals surface area contributed by atoms with Crippen molar-refractivity contribution in [3.8, 4) is 0 Å². The van der Waals surface area contributed by atoms with E-state index in [-0.39, 0.29) is 0 Å². The first-order valence-corrected chi connectivity index (χ1v) is 6.01. The molecule has 0 spiro atoms. The monoisotopic (exact) mass is 216 g/mol. The lowest BCUT2D eigenvalue weighted by molar-refractivity contribution is -0.107. The van der Waals surface area contributed by atoms with Crippen LogP contribution in [0.3, 0.4) is 0 Å². The zero-order valence-electron chi connectivity index (χ0n) is 11.0. The molecule has 0 aromatic rings. The summed E-state index contributed by atoms with van der Waals surface area (Å²) in [6, 6.07) is 0. The van der Waals surface area contributed by atoms with Gasteiger partial charge in [-0.3, -0.25) is 0 Å². The molecule has 3 heteroatoms. The minimum Gasteiger partial charge on any atom is -0.319 e. The van der Waals surface area contributed by atoms with Crippen molar-refractivity contribution in [3.05, 3.63) is 0 Å². The number of aldehydes is 1. The SMILES string of the molecule is CC.CCC=O.CNCC1CCN(C)C1. The highest BCUT2D eigenvalue weighted by Gasteiger charge is 2.17. The molecule has 1 aliphatic heterocycles. The van der Waals surface area contributed by atoms with Crippen molar-refractivity contribution in [2.45, 2.75) is 33.6 Å². The summed E-state index contributed by atoms with van der Waals surface area (Å²) in [5.74, 6) is 0.903. The zero-order valence-corrected chi connectivity index (χ0v) is 11.0. The number of nitrogens with one attached hydrogen (secondary N) is 1. The summed E-state index contributed by atoms with van der Waals surface area (Å²) in [4.78, 5) is 11.6. The van der Waals surface area contributed by atoms with Crippen LogP contribution in [0.1, 0.15) is 33.6 Å². The van der Waals surface area contributed by atoms with Gasteiger partial charge in [-0.05, 0) is 39.5 Å². The van der Waals surface area contributed by atoms with Gasteiger partial charge in [0.15, 0.2) is 0 Å². The van der Waals surface area contributed by atoms with Crippen LogP contribution in [0.4, 0.5) is 0 Å². The highest BCUT2D eigenvalue weighted by molar-refractivity contribution is 5.48. The Bertz CT molecular complexity index is 127. The highest BCUT2D eigenvalue weighted by Crippen LogP contribution is 2.12. The van der Waals surface area contributed by atoms with Crippen LogP contribution in [0.15, 0.2) is 0 Å². The molecular weight excluding hydrogens is 188 g/mol. The van der Waals surface area contributed by atoms with Crippen LogP contribution in [-0.4, -0.2) is 44.9 Å². The molecule has 0 radical (unpaired) electrons. The zero-order chi connectivity index (χ0) is 12.1. The van der Waals surface area contributed by atoms with Gasteiger partial charge in [0.05, 0.1) is 0 Å². The first-order valence-electron chi connectivity index (χ1n) is 6.01. The van der Waals surface area contributed by atoms with Crippen LogP contribution in [0.25, 0.3) is 0 Å². The minimum absolute atomic E-state index is 0.639. The van der Waals surface area contributed by atoms with Gasteiger partial charge in [-0.2, -0.15) is 0 Å². The lowest BCUT2D eigenvalue weighted by Crippen LogP contribution is -2.21. The van der Waals surface area contributed by atoms with Crippen molar-refractivity contribution in [2.75, 3.05) is 33.7 Å². The van der Waals surface area contributed by atoms with Gasteiger partial charge in [0.1, 0.15) is 6.29 Å². The first-order chi connectivity index (χ1) is 7.24. The Morgan fingerprint density at radius 1 is 1.47 bits per heavy atom. The smallest absolute Gasteiger partial charge is 0.119 e. The normalized spacial score (nSPS) is 19.7. The second-order valence-corrected chi connectivity index (χ2v) is 3.55. The van der Waals surface area contributed by atoms with Crippen molar-refractivity contribution >= 4 is 6.29 Å². The van der Waals surface area contributed by atoms with Gasteiger partial charge in [0, 0.05) is 13.0 Å². The summed E-state index contributed by atoms with van der Waals surface area (Å²) in [5, 5.41) is 3.20. The van der Waals surface area contributed by atoms with E-state index >= 15 is 0 Å². The maximum absolute atomic E-state index is 9.17. The molecule has 15 heavy (non-hydrogen) atoms. The molecule has 0 aromatic heterocycles. The summed E-state index contributed by atoms with van der Waals surface area (Å²) in [5.41, 5.74) is 0. The van der Waals surface area contributed by atoms with E-state index in [0.717, 1.165) is 12.2 Å². The van der Waals surface area contributed by atoms with E-state index < -0.39 is 0 Å². The van der Waals surface area contributed by atoms with Gasteiger partial charge >= 0.3 is 0 Å². The summed E-state index contributed by atoms with van der Waals surface area (Å²) in [6.07, 6.45) is 2.89. The third kappa shape index (κ3) is 11.5. The van der Waals surface area contributed by atoms with Crippen molar-refractivity contribution in [3.63, 3.8) is 0 Å². The van der Waals surface area contributed by atoms with E-state index in [1.165, 1.54) is 26.1 Å². The Balaban J connectivity index is 0. The van der Waals surface area contributed by atoms with Gasteiger partial charge < -0.3 is 15.0 Å². The van der Waals surface area contributed by atoms with Crippen LogP contribution >= 0.6 is 0 Å². The number of carbonyl (C=O) groups excluding carboxylic acids is 1. The fourth-order valence-electron chi connectivity index (χ4n) is 1.48. The molecule has 1 fully saturated rings. The van der Waals surface area contributed by atoms with Crippen molar-refractivity contribution in [1.82, 2.24) is 10.2 Å². The topological polar surface area (TPSA) is 32.3 Å². The predicted octanol–water partition coefficient (Wildman–Crippen LogP) is 1.78. The molecule has 0 aromatic carbocycles. The largest absolute Gasteiger partial charge is 0.319 e. The lowest BCUT2D eigenvalue weighted by Gasteiger charge is -2.08. The molecule has 1 unspecified atom stereocenters. The molecule has 0 amide bonds. The molecule has 3 nitrogen and oxygen atoms in total. The molecule has 1 N–H and O–H groups in total. The standard InChI is InChI=1S/C7H16N2.C3H6O.C2H6/c1-8-5-7-3-4-9(2)6-7;1-2-3-4;1-2/h7-8H,3-6H2,1-2H3;3H,2H2,1H3;1-2H3. The molecule has 92 valence electrons. The average molecular weight is 216 g/mol. The summed E-state index contributed by atoms with van der Waals surface area (Å²) in [7, 11) is 4.22. The summed E-state index contributed by atoms with van der Waals surface area (Å²) in [6.45, 7) is 9.56. The number of nitrogens with zero attached hydrogens (tertiary/aromatic N) is 1. The quantitative estimate of drug-likeness (QED) is 0.730. The van der Waals surface area contributed by atoms with E-state index in [0.29, 0.717) is 6.42 Å². The van der Waals surface area contributed by atoms with Crippen LogP contribution in [0, 0.1) is 5.92 Å². The maximum Gasteiger partial charge on any atom is 0.119 e. The van der Waals surface area contributed by atoms with Crippen LogP contribution in [0.2, 0.25) is 0 Å². The molecule has 0 aliphatic carbocycles. The van der Waals surface area contributed by atoms with E-state index in [9.17, 15) is 4.79 Å². The second-order valence-electron chi connectivity index (χ2n) is 3.55. The number of hydrogen-bond acceptors (Lipinski definition) is 3. The fraction of sp³-hybridized carbons (Fsp3) is 0.917. The van der Waals surface area contributed by atoms with Crippen LogP contribution in [-0.2, 0) is 4.79 Å². The lowest BCUT2D eigenvalue weighted by atomic mass is 10.1. The third-order valence-corrected chi connectivity index (χ3v) is 2.15. The third-order valence-electron chi connectivity index (χ3n) is 2.15. The van der Waals surface area contributed by atoms with E-state index in [1.54, 1.807) is 0 Å². The van der Waals surface area contributed by atoms with E-state index in [2.05, 4.69) is 17.3 Å². The Labute approximate surface area is 95.2 Å². The van der Waals surface area contributed by atoms with Crippen LogP contribution in [0.5, 0.6) is 0 Å². The highest BCUT2D eigenvalue weighted by atomic mass is 16.1. The second kappa shape index (κ2) is 13.6. The number of carbonyl (C=O) groups is 1. The van der Waals surface area contributed by atoms with Gasteiger partial charge in [-0.25, -0.2) is 0 Å². The average Bonchev–Trinajstić information content (AvgIpc) is 2.68. The maximum atomic E-state index is 9.17. The molecular formula is C12H28N2O. The van der Waals surface area contributed by atoms with Crippen LogP contribution < -0.4 is 5.32 Å². The van der Waals surface area contributed by atoms with Gasteiger partial charge in [-0.1, -0.05) is 20.8 Å². The van der Waals surface area contributed by atoms with Crippen molar-refractivity contribution < 1.29 is 4.79 Å². The number of hydrogen-bond donors (Lipinski definition) is 1. The molecule has 1 atom stereocenters. The van der Waals surface area contributed by atoms with E-state index in [4.69, 9.17) is 0 Å². The van der Waals surface area contributed by atoms with Gasteiger partial charge in [-0.15, -0.1) is 0 Å². The Morgan fingerprint density at radius 3 is 2.27 bits per heavy atom. The molecule has 0 bridgehead atoms. The fourth-order valence-corrected chi connectivity index (χ4v) is 1.48. The summed E-state index contributed by atoms with van der Waals surface area (Å²) < 4.78 is 0. The molecule has 1 rings (SSSR count). The van der Waals surface area contributed by atoms with Gasteiger partial charge in [0.25, 0.3) is 0 Å². The molecule has 1 heterocycles. The van der Waals surface area contributed by atoms with Crippen molar-refractivity contribution in [1.29, 1.82) is 0 Å². The van der Waals surface area contributed by atoms with Gasteiger partial charge in [0.2, 0.25) is 0 Å². The Morgan fingerprint density at radius 2 is 2.00 bits per heavy atom. The molecule has 1 aliphatic rings. The van der Waals surface area contributed by atoms with Crippen molar-refractivity contribution in [2.24, 2.45) is 5.92 Å². The number of rotatable bonds is 3. The predicted molar refractivity (Wildman–Crippen MR) is 67.2 cm³/mol. The molecule has 1 saturated heterocycles. The molecule has 0 saturated carbocycles. The summed E-state index contributed by atoms with van der Waals surface area (Å²) >= 11 is 0. The Kier molecular flexibility index (Phi) is 15.4. The Hall–Kier alpha value is -0.410. The number of likely N-dealkylation sites (tertiary alicyclic amines) is 1. The minimum atomic E-state index is 0.639. The first kappa shape index (κ1) is 17.0.